The average Bonchev–Trinajstić information content (AvgIpc) is 1.64. The largest absolute Gasteiger partial charge is 0.342 e. The molecule has 8 aliphatic rings. The van der Waals surface area contributed by atoms with Gasteiger partial charge in [0.05, 0.1) is 44.1 Å². The fraction of sp³-hybridized carbons (Fsp3) is 0.277. The second-order valence-corrected chi connectivity index (χ2v) is 32.7. The third kappa shape index (κ3) is 16.7. The normalized spacial score (nSPS) is 18.8. The molecule has 12 aromatic rings. The first-order valence-electron chi connectivity index (χ1n) is 40.7. The number of amides is 8. The predicted molar refractivity (Wildman–Crippen MR) is 455 cm³/mol. The highest BCUT2D eigenvalue weighted by molar-refractivity contribution is 6.31. The van der Waals surface area contributed by atoms with Gasteiger partial charge in [-0.05, 0) is 225 Å². The number of hydrogen-bond donors (Lipinski definition) is 8. The molecule has 4 atom stereocenters. The number of allylic oxidation sites excluding steroid dienone is 4. The molecule has 8 aromatic carbocycles. The Morgan fingerprint density at radius 3 is 0.908 bits per heavy atom. The number of halogens is 1. The smallest absolute Gasteiger partial charge is 0.255 e. The van der Waals surface area contributed by atoms with Gasteiger partial charge in [0.25, 0.3) is 23.6 Å². The fourth-order valence-corrected chi connectivity index (χ4v) is 17.5. The van der Waals surface area contributed by atoms with E-state index < -0.39 is 24.2 Å². The SMILES string of the molecule is C=C1CCC(N2Cc3cc(CCc4nc5ccc(C)cc5[nH]4)ccc3C2=O)C(=O)N1.C=C1CCC(N2Cc3cc(CCc4nc5ccc(C)cc5[nH]4)ccc3C2=O)C(=O)N1.C=C1CCC(N2Cc3cc(CCc4nc5ccc(Cl)cc5[nH]4)ccc3C2=O)C(=O)N1.C=C1CCC(N2Cc3cc(CCc4nc5ccccc5[nH]4)ccc3C2=O)C(=O)N1. The van der Waals surface area contributed by atoms with Crippen molar-refractivity contribution in [1.82, 2.24) is 80.7 Å². The van der Waals surface area contributed by atoms with Crippen LogP contribution >= 0.6 is 11.6 Å². The molecule has 0 saturated carbocycles. The Hall–Kier alpha value is -13.4. The monoisotopic (exact) mass is 1610 g/mol. The summed E-state index contributed by atoms with van der Waals surface area (Å²) >= 11 is 6.04. The Kier molecular flexibility index (Phi) is 21.7. The summed E-state index contributed by atoms with van der Waals surface area (Å²) in [6.07, 6.45) is 11.8. The number of aryl methyl sites for hydroxylation is 10. The first-order chi connectivity index (χ1) is 57.5. The van der Waals surface area contributed by atoms with Crippen molar-refractivity contribution in [2.24, 2.45) is 0 Å². The fourth-order valence-electron chi connectivity index (χ4n) is 17.4. The molecule has 12 heterocycles. The topological polar surface area (TPSA) is 312 Å². The van der Waals surface area contributed by atoms with Gasteiger partial charge in [-0.1, -0.05) is 111 Å². The first kappa shape index (κ1) is 78.2. The minimum absolute atomic E-state index is 0.0585. The maximum Gasteiger partial charge on any atom is 0.255 e. The number of nitrogens with zero attached hydrogens (tertiary/aromatic N) is 8. The molecule has 4 unspecified atom stereocenters. The summed E-state index contributed by atoms with van der Waals surface area (Å²) in [5.74, 6) is 3.02. The number of aromatic amines is 4. The van der Waals surface area contributed by atoms with Crippen LogP contribution in [-0.4, -0.2) is 131 Å². The van der Waals surface area contributed by atoms with Crippen molar-refractivity contribution in [1.29, 1.82) is 0 Å². The lowest BCUT2D eigenvalue weighted by Crippen LogP contribution is -2.49. The number of piperidine rings is 4. The van der Waals surface area contributed by atoms with Crippen LogP contribution in [0.15, 0.2) is 201 Å². The van der Waals surface area contributed by atoms with Gasteiger partial charge in [-0.3, -0.25) is 38.4 Å². The average molecular weight is 1610 g/mol. The quantitative estimate of drug-likeness (QED) is 0.0448. The van der Waals surface area contributed by atoms with Crippen LogP contribution in [0.4, 0.5) is 0 Å². The van der Waals surface area contributed by atoms with E-state index in [1.807, 2.05) is 103 Å². The maximum atomic E-state index is 12.8. The maximum absolute atomic E-state index is 12.8. The zero-order valence-corrected chi connectivity index (χ0v) is 67.2. The summed E-state index contributed by atoms with van der Waals surface area (Å²) < 4.78 is 0. The molecule has 8 N–H and O–H groups in total. The highest BCUT2D eigenvalue weighted by Gasteiger charge is 2.43. The third-order valence-electron chi connectivity index (χ3n) is 23.7. The van der Waals surface area contributed by atoms with E-state index in [4.69, 9.17) is 11.6 Å². The van der Waals surface area contributed by atoms with Gasteiger partial charge in [-0.2, -0.15) is 0 Å². The highest BCUT2D eigenvalue weighted by Crippen LogP contribution is 2.36. The number of H-pyrrole nitrogens is 4. The Morgan fingerprint density at radius 2 is 0.605 bits per heavy atom. The molecule has 4 saturated heterocycles. The summed E-state index contributed by atoms with van der Waals surface area (Å²) in [5, 5.41) is 11.8. The zero-order chi connectivity index (χ0) is 82.4. The van der Waals surface area contributed by atoms with Crippen molar-refractivity contribution >= 4 is 103 Å². The lowest BCUT2D eigenvalue weighted by molar-refractivity contribution is -0.127. The Labute approximate surface area is 692 Å². The summed E-state index contributed by atoms with van der Waals surface area (Å²) in [6.45, 7) is 21.3. The molecule has 119 heavy (non-hydrogen) atoms. The van der Waals surface area contributed by atoms with Crippen LogP contribution in [0.1, 0.15) is 172 Å². The predicted octanol–water partition coefficient (Wildman–Crippen LogP) is 13.7. The number of imidazole rings is 4. The van der Waals surface area contributed by atoms with Gasteiger partial charge in [0.1, 0.15) is 47.5 Å². The van der Waals surface area contributed by atoms with Crippen molar-refractivity contribution in [3.63, 3.8) is 0 Å². The van der Waals surface area contributed by atoms with E-state index in [0.29, 0.717) is 105 Å². The number of carbonyl (C=O) groups excluding carboxylic acids is 8. The van der Waals surface area contributed by atoms with Gasteiger partial charge in [0.15, 0.2) is 0 Å². The van der Waals surface area contributed by atoms with Crippen LogP contribution in [0, 0.1) is 13.8 Å². The van der Waals surface area contributed by atoms with E-state index in [0.717, 1.165) is 169 Å². The van der Waals surface area contributed by atoms with Crippen LogP contribution in [0.3, 0.4) is 0 Å². The summed E-state index contributed by atoms with van der Waals surface area (Å²) in [7, 11) is 0. The molecule has 4 fully saturated rings. The lowest BCUT2D eigenvalue weighted by Gasteiger charge is -2.30. The molecule has 20 rings (SSSR count). The summed E-state index contributed by atoms with van der Waals surface area (Å²) in [4.78, 5) is 139. The number of aromatic nitrogens is 8. The Bertz CT molecular complexity index is 5740. The summed E-state index contributed by atoms with van der Waals surface area (Å²) in [5.41, 5.74) is 24.7. The van der Waals surface area contributed by atoms with Gasteiger partial charge < -0.3 is 60.8 Å². The molecule has 8 aliphatic heterocycles. The number of fused-ring (bicyclic) bond motifs is 8. The molecular formula is C94H91ClN16O8. The molecule has 24 nitrogen and oxygen atoms in total. The second-order valence-electron chi connectivity index (χ2n) is 32.2. The van der Waals surface area contributed by atoms with Crippen molar-refractivity contribution in [2.75, 3.05) is 0 Å². The van der Waals surface area contributed by atoms with Gasteiger partial charge in [-0.25, -0.2) is 19.9 Å². The molecule has 0 spiro atoms. The molecule has 602 valence electrons. The van der Waals surface area contributed by atoms with Crippen molar-refractivity contribution in [3.05, 3.63) is 307 Å². The van der Waals surface area contributed by atoms with E-state index >= 15 is 0 Å². The third-order valence-corrected chi connectivity index (χ3v) is 23.9. The van der Waals surface area contributed by atoms with E-state index in [-0.39, 0.29) is 47.3 Å². The van der Waals surface area contributed by atoms with Crippen LogP contribution in [0.25, 0.3) is 44.1 Å². The number of nitrogens with one attached hydrogen (secondary N) is 8. The Morgan fingerprint density at radius 1 is 0.328 bits per heavy atom. The molecule has 0 radical (unpaired) electrons. The van der Waals surface area contributed by atoms with Crippen LogP contribution in [0.5, 0.6) is 0 Å². The van der Waals surface area contributed by atoms with Gasteiger partial charge in [-0.15, -0.1) is 0 Å². The van der Waals surface area contributed by atoms with E-state index in [1.165, 1.54) is 27.8 Å². The van der Waals surface area contributed by atoms with E-state index in [1.54, 1.807) is 19.6 Å². The van der Waals surface area contributed by atoms with Crippen LogP contribution in [-0.2, 0) is 96.7 Å². The number of para-hydroxylation sites is 2. The van der Waals surface area contributed by atoms with Gasteiger partial charge >= 0.3 is 0 Å². The van der Waals surface area contributed by atoms with E-state index in [2.05, 4.69) is 150 Å². The number of rotatable bonds is 16. The Balaban J connectivity index is 0.000000113. The molecule has 0 aliphatic carbocycles. The molecule has 4 aromatic heterocycles. The molecule has 8 amide bonds. The van der Waals surface area contributed by atoms with E-state index in [9.17, 15) is 38.4 Å². The van der Waals surface area contributed by atoms with Gasteiger partial charge in [0, 0.05) is 102 Å². The minimum Gasteiger partial charge on any atom is -0.342 e. The minimum atomic E-state index is -0.429. The van der Waals surface area contributed by atoms with Crippen LogP contribution in [0.2, 0.25) is 5.02 Å². The number of benzene rings is 8. The summed E-state index contributed by atoms with van der Waals surface area (Å²) in [6, 6.07) is 48.3. The van der Waals surface area contributed by atoms with Gasteiger partial charge in [0.2, 0.25) is 23.6 Å². The number of hydrogen-bond acceptors (Lipinski definition) is 12. The highest BCUT2D eigenvalue weighted by atomic mass is 35.5. The molecule has 0 bridgehead atoms. The first-order valence-corrected chi connectivity index (χ1v) is 41.0. The second kappa shape index (κ2) is 33.0. The van der Waals surface area contributed by atoms with Crippen molar-refractivity contribution in [2.45, 2.75) is 167 Å². The van der Waals surface area contributed by atoms with Crippen LogP contribution < -0.4 is 21.3 Å². The zero-order valence-electron chi connectivity index (χ0n) is 66.4. The number of carbonyl (C=O) groups is 8. The van der Waals surface area contributed by atoms with Crippen molar-refractivity contribution < 1.29 is 38.4 Å². The standard InChI is InChI=1S/2C24H24N4O2.C23H21ClN4O2.C23H22N4O2/c2*1-14-3-8-19-20(11-14)27-22(26-19)10-6-16-5-7-18-17(12-16)13-28(24(18)30)21-9-4-15(2)25-23(21)29;1-13-2-8-20(22(29)25-13)28-12-15-10-14(3-6-17(15)23(28)30)4-9-21-26-18-7-5-16(24)11-19(18)27-21;1-14-6-10-20(22(28)24-14)27-13-16-12-15(7-9-17(16)23(27)29)8-11-21-25-18-4-2-3-5-19(18)26-21/h2*3,5,7-8,11-12,21H,2,4,6,9-10,13H2,1H3,(H,25,29)(H,26,27);3,5-7,10-11,20H,1-2,4,8-9,12H2,(H,25,29)(H,26,27);2-5,7,9,12,20H,1,6,8,10-11,13H2,(H,24,28)(H,25,26). The molecule has 25 heteroatoms. The van der Waals surface area contributed by atoms with Crippen molar-refractivity contribution in [3.8, 4) is 0 Å². The molecular weight excluding hydrogens is 1520 g/mol. The lowest BCUT2D eigenvalue weighted by atomic mass is 10.0.